The zero-order valence-electron chi connectivity index (χ0n) is 13.2. The van der Waals surface area contributed by atoms with E-state index in [1.807, 2.05) is 62.4 Å². The summed E-state index contributed by atoms with van der Waals surface area (Å²) in [6.07, 6.45) is 0. The molecule has 0 unspecified atom stereocenters. The van der Waals surface area contributed by atoms with Gasteiger partial charge < -0.3 is 13.9 Å². The van der Waals surface area contributed by atoms with Gasteiger partial charge in [0.1, 0.15) is 0 Å². The van der Waals surface area contributed by atoms with Gasteiger partial charge in [-0.2, -0.15) is 0 Å². The van der Waals surface area contributed by atoms with E-state index in [2.05, 4.69) is 10.2 Å². The summed E-state index contributed by atoms with van der Waals surface area (Å²) in [5, 5.41) is 8.13. The minimum absolute atomic E-state index is 0.197. The van der Waals surface area contributed by atoms with Gasteiger partial charge in [0.2, 0.25) is 5.89 Å². The van der Waals surface area contributed by atoms with Crippen molar-refractivity contribution in [2.45, 2.75) is 20.5 Å². The van der Waals surface area contributed by atoms with Gasteiger partial charge >= 0.3 is 0 Å². The van der Waals surface area contributed by atoms with Crippen molar-refractivity contribution in [3.05, 3.63) is 60.0 Å². The van der Waals surface area contributed by atoms with Gasteiger partial charge in [-0.15, -0.1) is 10.2 Å². The van der Waals surface area contributed by atoms with Crippen molar-refractivity contribution in [2.24, 2.45) is 0 Å². The third kappa shape index (κ3) is 3.51. The van der Waals surface area contributed by atoms with Gasteiger partial charge in [-0.25, -0.2) is 0 Å². The highest BCUT2D eigenvalue weighted by Crippen LogP contribution is 2.27. The normalized spacial score (nSPS) is 10.5. The molecule has 0 aliphatic rings. The zero-order chi connectivity index (χ0) is 16.1. The molecule has 0 saturated carbocycles. The molecule has 0 aliphatic carbocycles. The van der Waals surface area contributed by atoms with Crippen molar-refractivity contribution in [3.63, 3.8) is 0 Å². The molecule has 1 heterocycles. The summed E-state index contributed by atoms with van der Waals surface area (Å²) in [5.41, 5.74) is 2.02. The SMILES string of the molecule is CCOc1ccccc1OCc1nnc(-c2ccccc2C)o1. The minimum atomic E-state index is 0.197. The number of aromatic nitrogens is 2. The first-order valence-electron chi connectivity index (χ1n) is 7.51. The van der Waals surface area contributed by atoms with E-state index in [1.54, 1.807) is 0 Å². The number of hydrogen-bond donors (Lipinski definition) is 0. The van der Waals surface area contributed by atoms with E-state index in [1.165, 1.54) is 0 Å². The van der Waals surface area contributed by atoms with Crippen molar-refractivity contribution in [1.29, 1.82) is 0 Å². The molecule has 0 atom stereocenters. The summed E-state index contributed by atoms with van der Waals surface area (Å²) in [6.45, 7) is 4.72. The Morgan fingerprint density at radius 3 is 2.35 bits per heavy atom. The number of rotatable bonds is 6. The number of benzene rings is 2. The highest BCUT2D eigenvalue weighted by atomic mass is 16.5. The second-order valence-corrected chi connectivity index (χ2v) is 4.98. The second kappa shape index (κ2) is 6.96. The fourth-order valence-corrected chi connectivity index (χ4v) is 2.22. The molecule has 0 saturated heterocycles. The van der Waals surface area contributed by atoms with Crippen molar-refractivity contribution in [2.75, 3.05) is 6.61 Å². The first-order chi connectivity index (χ1) is 11.3. The van der Waals surface area contributed by atoms with Gasteiger partial charge in [-0.05, 0) is 37.6 Å². The zero-order valence-corrected chi connectivity index (χ0v) is 13.2. The van der Waals surface area contributed by atoms with Crippen LogP contribution in [0.4, 0.5) is 0 Å². The highest BCUT2D eigenvalue weighted by Gasteiger charge is 2.12. The molecule has 0 fully saturated rings. The monoisotopic (exact) mass is 310 g/mol. The van der Waals surface area contributed by atoms with Crippen LogP contribution in [0.15, 0.2) is 52.9 Å². The Bertz CT molecular complexity index is 783. The Balaban J connectivity index is 1.72. The largest absolute Gasteiger partial charge is 0.490 e. The topological polar surface area (TPSA) is 57.4 Å². The molecule has 0 radical (unpaired) electrons. The second-order valence-electron chi connectivity index (χ2n) is 4.98. The predicted octanol–water partition coefficient (Wildman–Crippen LogP) is 4.02. The molecule has 2 aromatic carbocycles. The molecule has 0 aliphatic heterocycles. The molecule has 0 N–H and O–H groups in total. The average molecular weight is 310 g/mol. The molecule has 0 bridgehead atoms. The Hall–Kier alpha value is -2.82. The van der Waals surface area contributed by atoms with E-state index in [-0.39, 0.29) is 6.61 Å². The summed E-state index contributed by atoms with van der Waals surface area (Å²) < 4.78 is 16.9. The number of ether oxygens (including phenoxy) is 2. The van der Waals surface area contributed by atoms with E-state index in [4.69, 9.17) is 13.9 Å². The smallest absolute Gasteiger partial charge is 0.254 e. The van der Waals surface area contributed by atoms with Gasteiger partial charge in [0.15, 0.2) is 18.1 Å². The van der Waals surface area contributed by atoms with Crippen LogP contribution in [0.3, 0.4) is 0 Å². The van der Waals surface area contributed by atoms with Gasteiger partial charge in [0.25, 0.3) is 5.89 Å². The molecule has 0 amide bonds. The quantitative estimate of drug-likeness (QED) is 0.688. The molecule has 23 heavy (non-hydrogen) atoms. The van der Waals surface area contributed by atoms with Crippen LogP contribution in [0, 0.1) is 6.92 Å². The molecule has 0 spiro atoms. The lowest BCUT2D eigenvalue weighted by Gasteiger charge is -2.09. The summed E-state index contributed by atoms with van der Waals surface area (Å²) >= 11 is 0. The Kier molecular flexibility index (Phi) is 4.57. The Labute approximate surface area is 134 Å². The molecule has 1 aromatic heterocycles. The standard InChI is InChI=1S/C18H18N2O3/c1-3-21-15-10-6-7-11-16(15)22-12-17-19-20-18(23-17)14-9-5-4-8-13(14)2/h4-11H,3,12H2,1-2H3. The van der Waals surface area contributed by atoms with Gasteiger partial charge in [0.05, 0.1) is 6.61 Å². The first kappa shape index (κ1) is 15.1. The van der Waals surface area contributed by atoms with Gasteiger partial charge in [-0.1, -0.05) is 30.3 Å². The molecule has 3 rings (SSSR count). The predicted molar refractivity (Wildman–Crippen MR) is 86.4 cm³/mol. The van der Waals surface area contributed by atoms with E-state index >= 15 is 0 Å². The maximum Gasteiger partial charge on any atom is 0.254 e. The van der Waals surface area contributed by atoms with Crippen molar-refractivity contribution < 1.29 is 13.9 Å². The number of nitrogens with zero attached hydrogens (tertiary/aromatic N) is 2. The summed E-state index contributed by atoms with van der Waals surface area (Å²) in [4.78, 5) is 0. The summed E-state index contributed by atoms with van der Waals surface area (Å²) in [7, 11) is 0. The lowest BCUT2D eigenvalue weighted by atomic mass is 10.1. The van der Waals surface area contributed by atoms with Crippen LogP contribution >= 0.6 is 0 Å². The van der Waals surface area contributed by atoms with Crippen LogP contribution in [0.2, 0.25) is 0 Å². The molecule has 3 aromatic rings. The van der Waals surface area contributed by atoms with Crippen LogP contribution in [0.5, 0.6) is 11.5 Å². The van der Waals surface area contributed by atoms with Crippen LogP contribution in [-0.2, 0) is 6.61 Å². The third-order valence-corrected chi connectivity index (χ3v) is 3.34. The highest BCUT2D eigenvalue weighted by molar-refractivity contribution is 5.57. The fraction of sp³-hybridized carbons (Fsp3) is 0.222. The van der Waals surface area contributed by atoms with Crippen LogP contribution < -0.4 is 9.47 Å². The van der Waals surface area contributed by atoms with Crippen LogP contribution in [-0.4, -0.2) is 16.8 Å². The lowest BCUT2D eigenvalue weighted by Crippen LogP contribution is -1.99. The minimum Gasteiger partial charge on any atom is -0.490 e. The molecule has 5 nitrogen and oxygen atoms in total. The van der Waals surface area contributed by atoms with Crippen LogP contribution in [0.25, 0.3) is 11.5 Å². The Morgan fingerprint density at radius 1 is 0.913 bits per heavy atom. The maximum absolute atomic E-state index is 5.73. The molecule has 118 valence electrons. The van der Waals surface area contributed by atoms with E-state index in [0.717, 1.165) is 11.1 Å². The van der Waals surface area contributed by atoms with Gasteiger partial charge in [-0.3, -0.25) is 0 Å². The third-order valence-electron chi connectivity index (χ3n) is 3.34. The van der Waals surface area contributed by atoms with E-state index < -0.39 is 0 Å². The van der Waals surface area contributed by atoms with Crippen molar-refractivity contribution >= 4 is 0 Å². The van der Waals surface area contributed by atoms with E-state index in [0.29, 0.717) is 29.9 Å². The van der Waals surface area contributed by atoms with Crippen molar-refractivity contribution in [1.82, 2.24) is 10.2 Å². The van der Waals surface area contributed by atoms with Crippen LogP contribution in [0.1, 0.15) is 18.4 Å². The molecular weight excluding hydrogens is 292 g/mol. The molecular formula is C18H18N2O3. The first-order valence-corrected chi connectivity index (χ1v) is 7.51. The Morgan fingerprint density at radius 2 is 1.61 bits per heavy atom. The lowest BCUT2D eigenvalue weighted by molar-refractivity contribution is 0.243. The van der Waals surface area contributed by atoms with Gasteiger partial charge in [0, 0.05) is 5.56 Å². The number of para-hydroxylation sites is 2. The van der Waals surface area contributed by atoms with E-state index in [9.17, 15) is 0 Å². The summed E-state index contributed by atoms with van der Waals surface area (Å²) in [6, 6.07) is 15.4. The number of hydrogen-bond acceptors (Lipinski definition) is 5. The summed E-state index contributed by atoms with van der Waals surface area (Å²) in [5.74, 6) is 2.29. The number of aryl methyl sites for hydroxylation is 1. The van der Waals surface area contributed by atoms with Crippen molar-refractivity contribution in [3.8, 4) is 23.0 Å². The fourth-order valence-electron chi connectivity index (χ4n) is 2.22. The average Bonchev–Trinajstić information content (AvgIpc) is 3.03. The maximum atomic E-state index is 5.73. The molecule has 5 heteroatoms.